The zero-order valence-corrected chi connectivity index (χ0v) is 6.84. The van der Waals surface area contributed by atoms with Gasteiger partial charge < -0.3 is 10.8 Å². The van der Waals surface area contributed by atoms with E-state index in [1.54, 1.807) is 0 Å². The topological polar surface area (TPSA) is 72.0 Å². The second-order valence-electron chi connectivity index (χ2n) is 1.89. The summed E-state index contributed by atoms with van der Waals surface area (Å²) in [5.74, 6) is 5.13. The first kappa shape index (κ1) is 8.78. The molecule has 62 valence electrons. The molecule has 1 aromatic heterocycles. The van der Waals surface area contributed by atoms with Crippen molar-refractivity contribution in [1.82, 2.24) is 9.97 Å². The number of hydrogen-bond acceptors (Lipinski definition) is 4. The van der Waals surface area contributed by atoms with Gasteiger partial charge in [0.15, 0.2) is 11.5 Å². The summed E-state index contributed by atoms with van der Waals surface area (Å²) < 4.78 is 0. The standard InChI is InChI=1S/C7H6ClN3O/c8-6-4-10-7(9)5(11-6)2-1-3-12/h4,12H,3H2,(H2,9,10). The Bertz CT molecular complexity index is 342. The van der Waals surface area contributed by atoms with E-state index in [0.717, 1.165) is 0 Å². The molecule has 12 heavy (non-hydrogen) atoms. The third-order valence-electron chi connectivity index (χ3n) is 1.06. The van der Waals surface area contributed by atoms with Gasteiger partial charge in [-0.2, -0.15) is 0 Å². The van der Waals surface area contributed by atoms with Gasteiger partial charge in [-0.1, -0.05) is 17.5 Å². The van der Waals surface area contributed by atoms with Gasteiger partial charge >= 0.3 is 0 Å². The molecule has 4 nitrogen and oxygen atoms in total. The third-order valence-corrected chi connectivity index (χ3v) is 1.24. The Hall–Kier alpha value is -1.31. The molecule has 0 spiro atoms. The van der Waals surface area contributed by atoms with E-state index in [0.29, 0.717) is 0 Å². The number of anilines is 1. The molecule has 0 aliphatic rings. The van der Waals surface area contributed by atoms with Crippen LogP contribution in [0.5, 0.6) is 0 Å². The minimum Gasteiger partial charge on any atom is -0.384 e. The lowest BCUT2D eigenvalue weighted by Crippen LogP contribution is -1.97. The van der Waals surface area contributed by atoms with Crippen LogP contribution in [0.4, 0.5) is 5.82 Å². The Balaban J connectivity index is 3.05. The van der Waals surface area contributed by atoms with E-state index in [-0.39, 0.29) is 23.3 Å². The largest absolute Gasteiger partial charge is 0.384 e. The first-order valence-corrected chi connectivity index (χ1v) is 3.49. The number of nitrogens with zero attached hydrogens (tertiary/aromatic N) is 2. The van der Waals surface area contributed by atoms with E-state index >= 15 is 0 Å². The molecule has 1 aromatic rings. The molecule has 1 rings (SSSR count). The fraction of sp³-hybridized carbons (Fsp3) is 0.143. The molecule has 0 bridgehead atoms. The molecule has 0 aromatic carbocycles. The van der Waals surface area contributed by atoms with Crippen LogP contribution in [-0.4, -0.2) is 21.7 Å². The maximum atomic E-state index is 8.39. The smallest absolute Gasteiger partial charge is 0.158 e. The molecule has 0 saturated carbocycles. The number of hydrogen-bond donors (Lipinski definition) is 2. The molecule has 0 amide bonds. The molecule has 0 fully saturated rings. The predicted molar refractivity (Wildman–Crippen MR) is 45.4 cm³/mol. The molecule has 0 aliphatic carbocycles. The van der Waals surface area contributed by atoms with Crippen molar-refractivity contribution in [2.45, 2.75) is 0 Å². The first-order valence-electron chi connectivity index (χ1n) is 3.12. The second kappa shape index (κ2) is 3.90. The van der Waals surface area contributed by atoms with Crippen molar-refractivity contribution < 1.29 is 5.11 Å². The van der Waals surface area contributed by atoms with Crippen molar-refractivity contribution >= 4 is 17.4 Å². The molecule has 0 saturated heterocycles. The number of aliphatic hydroxyl groups is 1. The molecule has 3 N–H and O–H groups in total. The Morgan fingerprint density at radius 2 is 2.42 bits per heavy atom. The fourth-order valence-corrected chi connectivity index (χ4v) is 0.725. The van der Waals surface area contributed by atoms with E-state index in [1.807, 2.05) is 0 Å². The van der Waals surface area contributed by atoms with Crippen molar-refractivity contribution in [2.75, 3.05) is 12.3 Å². The van der Waals surface area contributed by atoms with Gasteiger partial charge in [0.1, 0.15) is 11.8 Å². The van der Waals surface area contributed by atoms with Crippen LogP contribution in [0.1, 0.15) is 5.69 Å². The lowest BCUT2D eigenvalue weighted by molar-refractivity contribution is 0.350. The van der Waals surface area contributed by atoms with Crippen LogP contribution in [-0.2, 0) is 0 Å². The van der Waals surface area contributed by atoms with Crippen molar-refractivity contribution in [2.24, 2.45) is 0 Å². The average molecular weight is 184 g/mol. The first-order chi connectivity index (χ1) is 5.74. The molecule has 0 atom stereocenters. The molecule has 0 aliphatic heterocycles. The van der Waals surface area contributed by atoms with Gasteiger partial charge in [0.2, 0.25) is 0 Å². The molecule has 5 heteroatoms. The van der Waals surface area contributed by atoms with Crippen LogP contribution in [0.15, 0.2) is 6.20 Å². The summed E-state index contributed by atoms with van der Waals surface area (Å²) in [5, 5.41) is 8.62. The Labute approximate surface area is 74.4 Å². The summed E-state index contributed by atoms with van der Waals surface area (Å²) in [6, 6.07) is 0. The van der Waals surface area contributed by atoms with Gasteiger partial charge in [-0.3, -0.25) is 0 Å². The summed E-state index contributed by atoms with van der Waals surface area (Å²) >= 11 is 5.54. The summed E-state index contributed by atoms with van der Waals surface area (Å²) in [5.41, 5.74) is 5.70. The van der Waals surface area contributed by atoms with Crippen LogP contribution in [0.3, 0.4) is 0 Å². The zero-order valence-electron chi connectivity index (χ0n) is 6.08. The number of aliphatic hydroxyl groups excluding tert-OH is 1. The normalized spacial score (nSPS) is 8.83. The van der Waals surface area contributed by atoms with Crippen molar-refractivity contribution in [3.05, 3.63) is 17.0 Å². The number of aromatic nitrogens is 2. The predicted octanol–water partition coefficient (Wildman–Crippen LogP) is 0.0560. The van der Waals surface area contributed by atoms with Gasteiger partial charge in [0.25, 0.3) is 0 Å². The van der Waals surface area contributed by atoms with Gasteiger partial charge in [0, 0.05) is 0 Å². The maximum absolute atomic E-state index is 8.39. The van der Waals surface area contributed by atoms with Crippen molar-refractivity contribution in [3.63, 3.8) is 0 Å². The lowest BCUT2D eigenvalue weighted by Gasteiger charge is -1.94. The Kier molecular flexibility index (Phi) is 2.86. The van der Waals surface area contributed by atoms with Crippen LogP contribution in [0.2, 0.25) is 5.15 Å². The van der Waals surface area contributed by atoms with Crippen molar-refractivity contribution in [3.8, 4) is 11.8 Å². The number of halogens is 1. The highest BCUT2D eigenvalue weighted by atomic mass is 35.5. The highest BCUT2D eigenvalue weighted by molar-refractivity contribution is 6.29. The van der Waals surface area contributed by atoms with Crippen LogP contribution < -0.4 is 5.73 Å². The zero-order chi connectivity index (χ0) is 8.97. The van der Waals surface area contributed by atoms with Crippen molar-refractivity contribution in [1.29, 1.82) is 0 Å². The fourth-order valence-electron chi connectivity index (χ4n) is 0.592. The lowest BCUT2D eigenvalue weighted by atomic mass is 10.4. The van der Waals surface area contributed by atoms with Gasteiger partial charge in [-0.05, 0) is 5.92 Å². The second-order valence-corrected chi connectivity index (χ2v) is 2.27. The summed E-state index contributed by atoms with van der Waals surface area (Å²) in [6.45, 7) is -0.242. The summed E-state index contributed by atoms with van der Waals surface area (Å²) in [7, 11) is 0. The minimum absolute atomic E-state index is 0.209. The molecular weight excluding hydrogens is 178 g/mol. The summed E-state index contributed by atoms with van der Waals surface area (Å²) in [6.07, 6.45) is 1.33. The van der Waals surface area contributed by atoms with Gasteiger partial charge in [-0.15, -0.1) is 0 Å². The van der Waals surface area contributed by atoms with E-state index in [9.17, 15) is 0 Å². The van der Waals surface area contributed by atoms with E-state index in [1.165, 1.54) is 6.20 Å². The number of rotatable bonds is 0. The third kappa shape index (κ3) is 2.09. The number of nitrogens with two attached hydrogens (primary N) is 1. The Morgan fingerprint density at radius 1 is 1.67 bits per heavy atom. The highest BCUT2D eigenvalue weighted by Crippen LogP contribution is 2.07. The SMILES string of the molecule is Nc1ncc(Cl)nc1C#CCO. The van der Waals surface area contributed by atoms with E-state index in [4.69, 9.17) is 22.4 Å². The van der Waals surface area contributed by atoms with Crippen LogP contribution in [0.25, 0.3) is 0 Å². The quantitative estimate of drug-likeness (QED) is 0.558. The molecule has 0 unspecified atom stereocenters. The van der Waals surface area contributed by atoms with E-state index in [2.05, 4.69) is 21.8 Å². The average Bonchev–Trinajstić information content (AvgIpc) is 2.07. The van der Waals surface area contributed by atoms with Crippen LogP contribution >= 0.6 is 11.6 Å². The molecule has 0 radical (unpaired) electrons. The molecular formula is C7H6ClN3O. The number of nitrogen functional groups attached to an aromatic ring is 1. The Morgan fingerprint density at radius 3 is 3.08 bits per heavy atom. The monoisotopic (exact) mass is 183 g/mol. The summed E-state index contributed by atoms with van der Waals surface area (Å²) in [4.78, 5) is 7.53. The van der Waals surface area contributed by atoms with E-state index < -0.39 is 0 Å². The molecule has 1 heterocycles. The highest BCUT2D eigenvalue weighted by Gasteiger charge is 1.98. The minimum atomic E-state index is -0.242. The van der Waals surface area contributed by atoms with Crippen LogP contribution in [0, 0.1) is 11.8 Å². The van der Waals surface area contributed by atoms with Gasteiger partial charge in [-0.25, -0.2) is 9.97 Å². The van der Waals surface area contributed by atoms with Gasteiger partial charge in [0.05, 0.1) is 6.20 Å². The maximum Gasteiger partial charge on any atom is 0.158 e.